The van der Waals surface area contributed by atoms with Crippen LogP contribution < -0.4 is 0 Å². The molecule has 0 saturated carbocycles. The highest BCUT2D eigenvalue weighted by atomic mass is 16.6. The first-order valence-corrected chi connectivity index (χ1v) is 31.0. The lowest BCUT2D eigenvalue weighted by Crippen LogP contribution is -2.30. The Bertz CT molecular complexity index is 1570. The normalized spacial score (nSPS) is 12.9. The molecule has 1 atom stereocenters. The van der Waals surface area contributed by atoms with Gasteiger partial charge < -0.3 is 14.2 Å². The summed E-state index contributed by atoms with van der Waals surface area (Å²) in [5, 5.41) is 0. The Morgan fingerprint density at radius 2 is 0.520 bits per heavy atom. The number of esters is 3. The van der Waals surface area contributed by atoms with Gasteiger partial charge in [-0.3, -0.25) is 14.4 Å². The molecule has 0 rings (SSSR count). The van der Waals surface area contributed by atoms with E-state index in [2.05, 4.69) is 142 Å². The first kappa shape index (κ1) is 70.8. The van der Waals surface area contributed by atoms with Crippen LogP contribution >= 0.6 is 0 Å². The predicted molar refractivity (Wildman–Crippen MR) is 325 cm³/mol. The summed E-state index contributed by atoms with van der Waals surface area (Å²) in [5.41, 5.74) is 0. The fraction of sp³-hybridized carbons (Fsp3) is 0.667. The molecule has 1 unspecified atom stereocenters. The molecule has 0 bridgehead atoms. The predicted octanol–water partition coefficient (Wildman–Crippen LogP) is 21.2. The van der Waals surface area contributed by atoms with Crippen molar-refractivity contribution in [1.82, 2.24) is 0 Å². The summed E-state index contributed by atoms with van der Waals surface area (Å²) >= 11 is 0. The van der Waals surface area contributed by atoms with E-state index in [0.29, 0.717) is 19.3 Å². The van der Waals surface area contributed by atoms with E-state index in [4.69, 9.17) is 14.2 Å². The van der Waals surface area contributed by atoms with Crippen LogP contribution in [-0.2, 0) is 28.6 Å². The van der Waals surface area contributed by atoms with Crippen molar-refractivity contribution in [2.75, 3.05) is 13.2 Å². The minimum Gasteiger partial charge on any atom is -0.462 e. The summed E-state index contributed by atoms with van der Waals surface area (Å²) in [6, 6.07) is 0. The van der Waals surface area contributed by atoms with Crippen LogP contribution in [0.1, 0.15) is 278 Å². The lowest BCUT2D eigenvalue weighted by atomic mass is 10.1. The Morgan fingerprint density at radius 1 is 0.280 bits per heavy atom. The van der Waals surface area contributed by atoms with E-state index in [1.54, 1.807) is 0 Å². The van der Waals surface area contributed by atoms with Gasteiger partial charge in [0.1, 0.15) is 13.2 Å². The van der Waals surface area contributed by atoms with Crippen molar-refractivity contribution in [3.05, 3.63) is 122 Å². The molecule has 0 aromatic heterocycles. The molecule has 0 aliphatic carbocycles. The van der Waals surface area contributed by atoms with Gasteiger partial charge >= 0.3 is 17.9 Å². The SMILES string of the molecule is CC/C=C\C/C=C\C/C=C\C/C=C\C/C=C\C/C=C\CCCCCCC(=O)OCC(COC(=O)CCCCCCC/C=C\CCCCCC)OC(=O)CCCCCCCC/C=C\C/C=C\C/C=C\CCCCCCC. The molecule has 0 radical (unpaired) electrons. The number of carbonyl (C=O) groups excluding carboxylic acids is 3. The van der Waals surface area contributed by atoms with E-state index >= 15 is 0 Å². The van der Waals surface area contributed by atoms with Crippen LogP contribution in [0.5, 0.6) is 0 Å². The van der Waals surface area contributed by atoms with Crippen LogP contribution in [0.15, 0.2) is 122 Å². The van der Waals surface area contributed by atoms with Gasteiger partial charge in [0.2, 0.25) is 0 Å². The van der Waals surface area contributed by atoms with Crippen molar-refractivity contribution in [3.8, 4) is 0 Å². The highest BCUT2D eigenvalue weighted by molar-refractivity contribution is 5.71. The number of allylic oxidation sites excluding steroid dienone is 20. The first-order valence-electron chi connectivity index (χ1n) is 31.0. The highest BCUT2D eigenvalue weighted by Crippen LogP contribution is 2.14. The number of ether oxygens (including phenoxy) is 3. The summed E-state index contributed by atoms with van der Waals surface area (Å²) < 4.78 is 16.9. The van der Waals surface area contributed by atoms with Gasteiger partial charge in [0.15, 0.2) is 6.10 Å². The van der Waals surface area contributed by atoms with Crippen LogP contribution in [-0.4, -0.2) is 37.2 Å². The Morgan fingerprint density at radius 3 is 0.840 bits per heavy atom. The third-order valence-electron chi connectivity index (χ3n) is 12.9. The molecule has 0 heterocycles. The van der Waals surface area contributed by atoms with Crippen LogP contribution in [0, 0.1) is 0 Å². The Labute approximate surface area is 462 Å². The van der Waals surface area contributed by atoms with E-state index in [1.807, 2.05) is 0 Å². The summed E-state index contributed by atoms with van der Waals surface area (Å²) in [5.74, 6) is -0.943. The van der Waals surface area contributed by atoms with Gasteiger partial charge in [-0.15, -0.1) is 0 Å². The van der Waals surface area contributed by atoms with Crippen LogP contribution in [0.3, 0.4) is 0 Å². The van der Waals surface area contributed by atoms with Crippen LogP contribution in [0.2, 0.25) is 0 Å². The Hall–Kier alpha value is -4.19. The number of hydrogen-bond donors (Lipinski definition) is 0. The van der Waals surface area contributed by atoms with E-state index in [1.165, 1.54) is 89.9 Å². The summed E-state index contributed by atoms with van der Waals surface area (Å²) in [7, 11) is 0. The van der Waals surface area contributed by atoms with Gasteiger partial charge in [-0.25, -0.2) is 0 Å². The zero-order valence-electron chi connectivity index (χ0n) is 48.8. The molecule has 6 heteroatoms. The smallest absolute Gasteiger partial charge is 0.306 e. The molecular formula is C69H114O6. The monoisotopic (exact) mass is 1040 g/mol. The summed E-state index contributed by atoms with van der Waals surface area (Å²) in [6.07, 6.45) is 86.2. The van der Waals surface area contributed by atoms with Crippen LogP contribution in [0.4, 0.5) is 0 Å². The standard InChI is InChI=1S/C69H114O6/c1-4-7-10-13-16-19-22-25-27-29-31-33-34-36-37-39-41-44-47-50-53-56-59-62-68(71)74-65-66(64-73-67(70)61-58-55-52-49-46-43-24-21-18-15-12-9-6-3)75-69(72)63-60-57-54-51-48-45-42-40-38-35-32-30-28-26-23-20-17-14-11-8-5-2/h7,10,16,19,21,23-27,30-33,36-38,40-41,44,66H,4-6,8-9,11-15,17-18,20,22,28-29,34-35,39,42-43,45-65H2,1-3H3/b10-7-,19-16-,24-21-,26-23-,27-25-,32-30-,33-31-,37-36-,40-38-,44-41-. The van der Waals surface area contributed by atoms with Crippen molar-refractivity contribution in [2.45, 2.75) is 284 Å². The summed E-state index contributed by atoms with van der Waals surface area (Å²) in [6.45, 7) is 6.47. The topological polar surface area (TPSA) is 78.9 Å². The maximum absolute atomic E-state index is 12.9. The van der Waals surface area contributed by atoms with Crippen LogP contribution in [0.25, 0.3) is 0 Å². The minimum absolute atomic E-state index is 0.0986. The molecule has 75 heavy (non-hydrogen) atoms. The second kappa shape index (κ2) is 62.4. The lowest BCUT2D eigenvalue weighted by Gasteiger charge is -2.18. The fourth-order valence-electron chi connectivity index (χ4n) is 8.27. The molecule has 0 saturated heterocycles. The van der Waals surface area contributed by atoms with Gasteiger partial charge in [0, 0.05) is 19.3 Å². The molecule has 0 fully saturated rings. The quantitative estimate of drug-likeness (QED) is 0.0261. The van der Waals surface area contributed by atoms with Gasteiger partial charge in [-0.05, 0) is 135 Å². The molecule has 426 valence electrons. The molecule has 0 aromatic carbocycles. The average Bonchev–Trinajstić information content (AvgIpc) is 3.41. The second-order valence-corrected chi connectivity index (χ2v) is 20.2. The van der Waals surface area contributed by atoms with Gasteiger partial charge in [-0.2, -0.15) is 0 Å². The van der Waals surface area contributed by atoms with E-state index in [-0.39, 0.29) is 31.1 Å². The van der Waals surface area contributed by atoms with E-state index in [0.717, 1.165) is 148 Å². The molecule has 0 aliphatic heterocycles. The zero-order chi connectivity index (χ0) is 54.3. The van der Waals surface area contributed by atoms with Gasteiger partial charge in [0.05, 0.1) is 0 Å². The Balaban J connectivity index is 4.46. The number of unbranched alkanes of at least 4 members (excludes halogenated alkanes) is 24. The fourth-order valence-corrected chi connectivity index (χ4v) is 8.27. The van der Waals surface area contributed by atoms with Crippen molar-refractivity contribution in [2.24, 2.45) is 0 Å². The molecule has 0 amide bonds. The number of hydrogen-bond acceptors (Lipinski definition) is 6. The van der Waals surface area contributed by atoms with E-state index in [9.17, 15) is 14.4 Å². The van der Waals surface area contributed by atoms with Gasteiger partial charge in [-0.1, -0.05) is 245 Å². The number of carbonyl (C=O) groups is 3. The molecule has 6 nitrogen and oxygen atoms in total. The average molecular weight is 1040 g/mol. The zero-order valence-corrected chi connectivity index (χ0v) is 48.8. The largest absolute Gasteiger partial charge is 0.462 e. The second-order valence-electron chi connectivity index (χ2n) is 20.2. The molecule has 0 aliphatic rings. The molecule has 0 N–H and O–H groups in total. The van der Waals surface area contributed by atoms with Crippen molar-refractivity contribution < 1.29 is 28.6 Å². The van der Waals surface area contributed by atoms with Gasteiger partial charge in [0.25, 0.3) is 0 Å². The first-order chi connectivity index (χ1) is 37.0. The highest BCUT2D eigenvalue weighted by Gasteiger charge is 2.19. The van der Waals surface area contributed by atoms with Crippen molar-refractivity contribution in [1.29, 1.82) is 0 Å². The maximum atomic E-state index is 12.9. The molecular weight excluding hydrogens is 925 g/mol. The summed E-state index contributed by atoms with van der Waals surface area (Å²) in [4.78, 5) is 38.3. The van der Waals surface area contributed by atoms with Crippen molar-refractivity contribution >= 4 is 17.9 Å². The Kier molecular flexibility index (Phi) is 58.9. The molecule has 0 aromatic rings. The third kappa shape index (κ3) is 60.6. The lowest BCUT2D eigenvalue weighted by molar-refractivity contribution is -0.167. The number of rotatable bonds is 55. The van der Waals surface area contributed by atoms with E-state index < -0.39 is 6.10 Å². The molecule has 0 spiro atoms. The minimum atomic E-state index is -0.804. The van der Waals surface area contributed by atoms with Crippen molar-refractivity contribution in [3.63, 3.8) is 0 Å². The third-order valence-corrected chi connectivity index (χ3v) is 12.9. The maximum Gasteiger partial charge on any atom is 0.306 e.